The number of anilines is 1. The Labute approximate surface area is 222 Å². The topological polar surface area (TPSA) is 134 Å². The lowest BCUT2D eigenvalue weighted by molar-refractivity contribution is -0.254. The Morgan fingerprint density at radius 2 is 2.00 bits per heavy atom. The predicted octanol–water partition coefficient (Wildman–Crippen LogP) is 3.51. The summed E-state index contributed by atoms with van der Waals surface area (Å²) in [6, 6.07) is 13.3. The van der Waals surface area contributed by atoms with Crippen LogP contribution in [0.1, 0.15) is 27.7 Å². The number of nitrogens with zero attached hydrogens (tertiary/aromatic N) is 4. The summed E-state index contributed by atoms with van der Waals surface area (Å²) >= 11 is 1.04. The van der Waals surface area contributed by atoms with Crippen molar-refractivity contribution in [2.24, 2.45) is 0 Å². The van der Waals surface area contributed by atoms with Gasteiger partial charge in [0.2, 0.25) is 11.8 Å². The zero-order chi connectivity index (χ0) is 26.5. The molecule has 194 valence electrons. The number of thiophene rings is 1. The standard InChI is InChI=1S/C27H24N4O6S/c1-2-35-24-14-29-25(37-24)20-12-22(18-3-5-19(6-4-18)31-7-9-34-10-8-31)30-26(21(20)13-28)36-15-17-11-23(27(32)33)38-16-17/h3-6,11-12,14,16H,2,7-10,15H2,1H3,(H,32,33)/p-1. The minimum absolute atomic E-state index is 0.0140. The molecule has 1 fully saturated rings. The van der Waals surface area contributed by atoms with Gasteiger partial charge in [-0.3, -0.25) is 0 Å². The van der Waals surface area contributed by atoms with Crippen molar-refractivity contribution in [1.82, 2.24) is 9.97 Å². The van der Waals surface area contributed by atoms with Gasteiger partial charge in [-0.05, 0) is 36.6 Å². The van der Waals surface area contributed by atoms with Crippen molar-refractivity contribution in [2.45, 2.75) is 13.5 Å². The van der Waals surface area contributed by atoms with Crippen LogP contribution in [0.3, 0.4) is 0 Å². The Morgan fingerprint density at radius 3 is 2.68 bits per heavy atom. The van der Waals surface area contributed by atoms with Crippen LogP contribution in [0.5, 0.6) is 11.8 Å². The number of carboxylic acid groups (broad SMARTS) is 1. The van der Waals surface area contributed by atoms with Crippen LogP contribution >= 0.6 is 11.3 Å². The molecule has 0 radical (unpaired) electrons. The number of carbonyl (C=O) groups is 1. The Hall–Kier alpha value is -4.40. The Bertz CT molecular complexity index is 1470. The molecule has 0 unspecified atom stereocenters. The highest BCUT2D eigenvalue weighted by atomic mass is 32.1. The molecule has 0 aliphatic carbocycles. The summed E-state index contributed by atoms with van der Waals surface area (Å²) in [5.41, 5.74) is 3.60. The third-order valence-corrected chi connectivity index (χ3v) is 6.83. The van der Waals surface area contributed by atoms with E-state index in [0.717, 1.165) is 35.7 Å². The van der Waals surface area contributed by atoms with Crippen LogP contribution < -0.4 is 19.5 Å². The number of rotatable bonds is 9. The first kappa shape index (κ1) is 25.3. The number of oxazole rings is 1. The van der Waals surface area contributed by atoms with E-state index in [4.69, 9.17) is 18.6 Å². The highest BCUT2D eigenvalue weighted by Crippen LogP contribution is 2.35. The number of hydrogen-bond donors (Lipinski definition) is 0. The van der Waals surface area contributed by atoms with Crippen molar-refractivity contribution >= 4 is 23.0 Å². The summed E-state index contributed by atoms with van der Waals surface area (Å²) in [7, 11) is 0. The van der Waals surface area contributed by atoms with Crippen LogP contribution in [0.4, 0.5) is 5.69 Å². The SMILES string of the molecule is CCOc1cnc(-c2cc(-c3ccc(N4CCOCC4)cc3)nc(OCc3csc(C(=O)[O-])c3)c2C#N)o1. The molecular weight excluding hydrogens is 508 g/mol. The maximum absolute atomic E-state index is 11.1. The molecule has 5 rings (SSSR count). The van der Waals surface area contributed by atoms with Gasteiger partial charge in [0.15, 0.2) is 0 Å². The van der Waals surface area contributed by atoms with Gasteiger partial charge in [-0.1, -0.05) is 12.1 Å². The lowest BCUT2D eigenvalue weighted by Gasteiger charge is -2.28. The fraction of sp³-hybridized carbons (Fsp3) is 0.259. The van der Waals surface area contributed by atoms with Crippen LogP contribution in [-0.4, -0.2) is 48.8 Å². The number of ether oxygens (including phenoxy) is 3. The molecule has 4 aromatic rings. The van der Waals surface area contributed by atoms with Gasteiger partial charge in [0.25, 0.3) is 0 Å². The average Bonchev–Trinajstić information content (AvgIpc) is 3.62. The fourth-order valence-corrected chi connectivity index (χ4v) is 4.75. The van der Waals surface area contributed by atoms with Gasteiger partial charge in [0.1, 0.15) is 24.4 Å². The number of nitriles is 1. The van der Waals surface area contributed by atoms with Gasteiger partial charge in [-0.25, -0.2) is 9.97 Å². The van der Waals surface area contributed by atoms with E-state index >= 15 is 0 Å². The quantitative estimate of drug-likeness (QED) is 0.316. The summed E-state index contributed by atoms with van der Waals surface area (Å²) < 4.78 is 22.5. The number of carboxylic acids is 1. The molecule has 11 heteroatoms. The average molecular weight is 532 g/mol. The van der Waals surface area contributed by atoms with Crippen LogP contribution in [0, 0.1) is 11.3 Å². The van der Waals surface area contributed by atoms with Crippen LogP contribution in [0.25, 0.3) is 22.7 Å². The number of pyridine rings is 1. The second-order valence-corrected chi connectivity index (χ2v) is 9.22. The van der Waals surface area contributed by atoms with Crippen molar-refractivity contribution < 1.29 is 28.5 Å². The van der Waals surface area contributed by atoms with Gasteiger partial charge in [0.05, 0.1) is 41.9 Å². The van der Waals surface area contributed by atoms with E-state index in [2.05, 4.69) is 20.9 Å². The van der Waals surface area contributed by atoms with Gasteiger partial charge < -0.3 is 33.4 Å². The third-order valence-electron chi connectivity index (χ3n) is 5.87. The van der Waals surface area contributed by atoms with Crippen LogP contribution in [0.15, 0.2) is 52.4 Å². The summed E-state index contributed by atoms with van der Waals surface area (Å²) in [6.07, 6.45) is 1.45. The smallest absolute Gasteiger partial charge is 0.305 e. The number of morpholine rings is 1. The van der Waals surface area contributed by atoms with E-state index in [1.165, 1.54) is 12.3 Å². The summed E-state index contributed by atoms with van der Waals surface area (Å²) in [5.74, 6) is -0.751. The largest absolute Gasteiger partial charge is 0.544 e. The van der Waals surface area contributed by atoms with Crippen LogP contribution in [0.2, 0.25) is 0 Å². The number of aromatic nitrogens is 2. The Kier molecular flexibility index (Phi) is 7.53. The number of benzene rings is 1. The summed E-state index contributed by atoms with van der Waals surface area (Å²) in [6.45, 7) is 5.28. The van der Waals surface area contributed by atoms with Crippen molar-refractivity contribution in [3.05, 3.63) is 64.0 Å². The highest BCUT2D eigenvalue weighted by molar-refractivity contribution is 7.12. The zero-order valence-corrected chi connectivity index (χ0v) is 21.3. The number of carbonyl (C=O) groups excluding carboxylic acids is 1. The molecule has 0 bridgehead atoms. The van der Waals surface area contributed by atoms with E-state index in [1.54, 1.807) is 11.4 Å². The molecule has 0 saturated carbocycles. The summed E-state index contributed by atoms with van der Waals surface area (Å²) in [5, 5.41) is 22.8. The molecule has 3 aromatic heterocycles. The molecule has 1 aromatic carbocycles. The normalized spacial score (nSPS) is 13.2. The molecule has 1 aliphatic rings. The van der Waals surface area contributed by atoms with E-state index < -0.39 is 5.97 Å². The van der Waals surface area contributed by atoms with Gasteiger partial charge in [0, 0.05) is 29.9 Å². The molecule has 1 saturated heterocycles. The van der Waals surface area contributed by atoms with Crippen molar-refractivity contribution in [3.63, 3.8) is 0 Å². The highest BCUT2D eigenvalue weighted by Gasteiger charge is 2.21. The van der Waals surface area contributed by atoms with Gasteiger partial charge in [-0.2, -0.15) is 5.26 Å². The molecule has 0 spiro atoms. The molecule has 10 nitrogen and oxygen atoms in total. The minimum Gasteiger partial charge on any atom is -0.544 e. The second-order valence-electron chi connectivity index (χ2n) is 8.31. The Balaban J connectivity index is 1.51. The molecule has 0 amide bonds. The fourth-order valence-electron chi connectivity index (χ4n) is 4.02. The first-order valence-electron chi connectivity index (χ1n) is 11.9. The lowest BCUT2D eigenvalue weighted by Crippen LogP contribution is -2.36. The number of hydrogen-bond acceptors (Lipinski definition) is 11. The minimum atomic E-state index is -1.25. The van der Waals surface area contributed by atoms with E-state index in [0.29, 0.717) is 36.6 Å². The van der Waals surface area contributed by atoms with Gasteiger partial charge >= 0.3 is 5.95 Å². The maximum Gasteiger partial charge on any atom is 0.305 e. The molecule has 0 atom stereocenters. The summed E-state index contributed by atoms with van der Waals surface area (Å²) in [4.78, 5) is 22.4. The first-order valence-corrected chi connectivity index (χ1v) is 12.8. The zero-order valence-electron chi connectivity index (χ0n) is 20.5. The molecule has 0 N–H and O–H groups in total. The first-order chi connectivity index (χ1) is 18.6. The number of aromatic carboxylic acids is 1. The van der Waals surface area contributed by atoms with Crippen LogP contribution in [-0.2, 0) is 11.3 Å². The second kappa shape index (κ2) is 11.3. The monoisotopic (exact) mass is 531 g/mol. The molecule has 4 heterocycles. The predicted molar refractivity (Wildman–Crippen MR) is 137 cm³/mol. The van der Waals surface area contributed by atoms with Crippen molar-refractivity contribution in [2.75, 3.05) is 37.8 Å². The molecular formula is C27H23N4O6S-. The van der Waals surface area contributed by atoms with Crippen molar-refractivity contribution in [1.29, 1.82) is 5.26 Å². The van der Waals surface area contributed by atoms with E-state index in [-0.39, 0.29) is 34.8 Å². The maximum atomic E-state index is 11.1. The van der Waals surface area contributed by atoms with Gasteiger partial charge in [-0.15, -0.1) is 11.3 Å². The third kappa shape index (κ3) is 5.46. The van der Waals surface area contributed by atoms with E-state index in [9.17, 15) is 15.2 Å². The molecule has 1 aliphatic heterocycles. The van der Waals surface area contributed by atoms with Crippen molar-refractivity contribution in [3.8, 4) is 40.6 Å². The molecule has 38 heavy (non-hydrogen) atoms. The van der Waals surface area contributed by atoms with E-state index in [1.807, 2.05) is 31.2 Å². The lowest BCUT2D eigenvalue weighted by atomic mass is 10.0. The Morgan fingerprint density at radius 1 is 1.21 bits per heavy atom.